The minimum atomic E-state index is 0. The van der Waals surface area contributed by atoms with Crippen LogP contribution in [-0.2, 0) is 0 Å². The maximum atomic E-state index is 4.29. The smallest absolute Gasteiger partial charge is 0.686 e. The number of rotatable bonds is 0. The van der Waals surface area contributed by atoms with Crippen molar-refractivity contribution in [3.63, 3.8) is 0 Å². The number of hydrogen-bond acceptors (Lipinski definition) is 0. The third kappa shape index (κ3) is 2.98. The second-order valence-corrected chi connectivity index (χ2v) is 2.44. The Hall–Kier alpha value is 0.137. The van der Waals surface area contributed by atoms with Gasteiger partial charge in [-0.15, -0.1) is 12.6 Å². The fourth-order valence-electron chi connectivity index (χ4n) is 1.04. The average Bonchev–Trinajstić information content (AvgIpc) is 1.64. The summed E-state index contributed by atoms with van der Waals surface area (Å²) in [6.07, 6.45) is 3.65. The van der Waals surface area contributed by atoms with Crippen LogP contribution >= 0.6 is 0 Å². The maximum Gasteiger partial charge on any atom is 1.00 e. The van der Waals surface area contributed by atoms with Crippen LogP contribution in [0.3, 0.4) is 0 Å². The van der Waals surface area contributed by atoms with Gasteiger partial charge in [-0.05, 0) is 6.42 Å². The quantitative estimate of drug-likeness (QED) is 0.378. The van der Waals surface area contributed by atoms with Crippen molar-refractivity contribution in [2.45, 2.75) is 32.2 Å². The molecule has 0 aliphatic carbocycles. The Morgan fingerprint density at radius 3 is 2.67 bits per heavy atom. The molecule has 1 aliphatic rings. The van der Waals surface area contributed by atoms with Crippen molar-refractivity contribution in [3.05, 3.63) is 17.6 Å². The summed E-state index contributed by atoms with van der Waals surface area (Å²) in [5.74, 6) is 0. The van der Waals surface area contributed by atoms with Crippen LogP contribution in [0.2, 0.25) is 0 Å². The molecule has 0 unspecified atom stereocenters. The monoisotopic (exact) mass is 117 g/mol. The minimum Gasteiger partial charge on any atom is -0.686 e. The van der Waals surface area contributed by atoms with Crippen LogP contribution in [0.15, 0.2) is 12.3 Å². The molecule has 0 aromatic carbocycles. The van der Waals surface area contributed by atoms with Crippen molar-refractivity contribution in [1.29, 1.82) is 0 Å². The van der Waals surface area contributed by atoms with E-state index < -0.39 is 0 Å². The Kier molecular flexibility index (Phi) is 4.10. The van der Waals surface area contributed by atoms with Crippen molar-refractivity contribution in [3.8, 4) is 0 Å². The van der Waals surface area contributed by atoms with Gasteiger partial charge >= 0.3 is 18.9 Å². The number of allylic oxidation sites excluding steroid dienone is 1. The van der Waals surface area contributed by atoms with Gasteiger partial charge in [0.25, 0.3) is 0 Å². The van der Waals surface area contributed by atoms with E-state index in [0.29, 0.717) is 6.04 Å². The number of hydrogen-bond donors (Lipinski definition) is 0. The van der Waals surface area contributed by atoms with Gasteiger partial charge in [0.15, 0.2) is 0 Å². The van der Waals surface area contributed by atoms with Crippen LogP contribution in [0.1, 0.15) is 26.2 Å². The van der Waals surface area contributed by atoms with E-state index in [1.54, 1.807) is 0 Å². The Bertz CT molecular complexity index is 101. The van der Waals surface area contributed by atoms with Crippen LogP contribution in [0.4, 0.5) is 0 Å². The van der Waals surface area contributed by atoms with E-state index in [-0.39, 0.29) is 18.9 Å². The van der Waals surface area contributed by atoms with Crippen LogP contribution in [0.25, 0.3) is 5.32 Å². The zero-order valence-corrected chi connectivity index (χ0v) is 6.35. The van der Waals surface area contributed by atoms with Crippen LogP contribution in [-0.4, -0.2) is 6.04 Å². The summed E-state index contributed by atoms with van der Waals surface area (Å²) in [4.78, 5) is 0. The fourth-order valence-corrected chi connectivity index (χ4v) is 1.04. The van der Waals surface area contributed by atoms with E-state index in [4.69, 9.17) is 0 Å². The molecule has 1 rings (SSSR count). The summed E-state index contributed by atoms with van der Waals surface area (Å²) in [5.41, 5.74) is 1.09. The van der Waals surface area contributed by atoms with Gasteiger partial charge in [-0.3, -0.25) is 0 Å². The van der Waals surface area contributed by atoms with Gasteiger partial charge in [0, 0.05) is 0 Å². The van der Waals surface area contributed by atoms with E-state index in [9.17, 15) is 0 Å². The predicted octanol–water partition coefficient (Wildman–Crippen LogP) is -0.550. The van der Waals surface area contributed by atoms with Crippen molar-refractivity contribution in [2.75, 3.05) is 0 Å². The second-order valence-electron chi connectivity index (χ2n) is 2.44. The molecule has 0 bridgehead atoms. The molecular weight excluding hydrogens is 105 g/mol. The van der Waals surface area contributed by atoms with Gasteiger partial charge in [-0.2, -0.15) is 5.70 Å². The van der Waals surface area contributed by atoms with Gasteiger partial charge in [0.2, 0.25) is 0 Å². The molecule has 46 valence electrons. The van der Waals surface area contributed by atoms with E-state index in [2.05, 4.69) is 18.8 Å². The molecule has 0 saturated carbocycles. The first-order valence-electron chi connectivity index (χ1n) is 3.17. The fraction of sp³-hybridized carbons (Fsp3) is 0.714. The molecule has 1 atom stereocenters. The number of piperidine rings is 1. The standard InChI is InChI=1S/C7H12N.Li/c1-6-4-3-5-7(2)8-6;/h7H,1,3-5H2,2H3;/q-1;+1/t7-;/m0./s1. The summed E-state index contributed by atoms with van der Waals surface area (Å²) in [6.45, 7) is 5.94. The molecule has 0 spiro atoms. The van der Waals surface area contributed by atoms with Crippen molar-refractivity contribution >= 4 is 0 Å². The molecule has 1 heterocycles. The molecule has 1 fully saturated rings. The summed E-state index contributed by atoms with van der Waals surface area (Å²) >= 11 is 0. The van der Waals surface area contributed by atoms with Crippen LogP contribution in [0, 0.1) is 0 Å². The molecule has 0 aromatic heterocycles. The Balaban J connectivity index is 0.000000640. The second kappa shape index (κ2) is 4.03. The molecular formula is C7H12LiN. The van der Waals surface area contributed by atoms with Crippen molar-refractivity contribution in [1.82, 2.24) is 0 Å². The summed E-state index contributed by atoms with van der Waals surface area (Å²) in [5, 5.41) is 4.29. The van der Waals surface area contributed by atoms with E-state index >= 15 is 0 Å². The van der Waals surface area contributed by atoms with Gasteiger partial charge in [0.05, 0.1) is 0 Å². The predicted molar refractivity (Wildman–Crippen MR) is 35.8 cm³/mol. The summed E-state index contributed by atoms with van der Waals surface area (Å²) in [6, 6.07) is 0.538. The summed E-state index contributed by atoms with van der Waals surface area (Å²) in [7, 11) is 0. The van der Waals surface area contributed by atoms with Gasteiger partial charge in [-0.25, -0.2) is 0 Å². The zero-order chi connectivity index (χ0) is 5.98. The minimum absolute atomic E-state index is 0. The SMILES string of the molecule is C=C1CCC[C@H](C)[N-]1.[Li+]. The molecule has 2 heteroatoms. The van der Waals surface area contributed by atoms with Gasteiger partial charge < -0.3 is 5.32 Å². The molecule has 1 nitrogen and oxygen atoms in total. The first kappa shape index (κ1) is 9.14. The van der Waals surface area contributed by atoms with E-state index in [0.717, 1.165) is 12.1 Å². The molecule has 9 heavy (non-hydrogen) atoms. The van der Waals surface area contributed by atoms with E-state index in [1.807, 2.05) is 0 Å². The molecule has 0 radical (unpaired) electrons. The third-order valence-corrected chi connectivity index (χ3v) is 1.49. The molecule has 0 amide bonds. The number of nitrogens with zero attached hydrogens (tertiary/aromatic N) is 1. The van der Waals surface area contributed by atoms with Crippen molar-refractivity contribution in [2.24, 2.45) is 0 Å². The first-order valence-corrected chi connectivity index (χ1v) is 3.17. The topological polar surface area (TPSA) is 14.1 Å². The Morgan fingerprint density at radius 1 is 1.67 bits per heavy atom. The normalized spacial score (nSPS) is 26.3. The third-order valence-electron chi connectivity index (χ3n) is 1.49. The molecule has 0 aromatic rings. The van der Waals surface area contributed by atoms with E-state index in [1.165, 1.54) is 12.8 Å². The maximum absolute atomic E-state index is 4.29. The Morgan fingerprint density at radius 2 is 2.33 bits per heavy atom. The average molecular weight is 117 g/mol. The van der Waals surface area contributed by atoms with Crippen molar-refractivity contribution < 1.29 is 18.9 Å². The molecule has 0 N–H and O–H groups in total. The van der Waals surface area contributed by atoms with Crippen LogP contribution in [0.5, 0.6) is 0 Å². The Labute approximate surface area is 69.1 Å². The molecule has 1 aliphatic heterocycles. The largest absolute Gasteiger partial charge is 1.00 e. The summed E-state index contributed by atoms with van der Waals surface area (Å²) < 4.78 is 0. The van der Waals surface area contributed by atoms with Gasteiger partial charge in [-0.1, -0.05) is 19.8 Å². The van der Waals surface area contributed by atoms with Crippen LogP contribution < -0.4 is 18.9 Å². The zero-order valence-electron chi connectivity index (χ0n) is 6.35. The molecule has 1 saturated heterocycles. The van der Waals surface area contributed by atoms with Gasteiger partial charge in [0.1, 0.15) is 0 Å². The first-order chi connectivity index (χ1) is 3.79.